The standard InChI is InChI=1S/C24H24N2O3/c1-3-28-23-17-20(10-9-19-13-15-26(2)16-14-19)11-12-22(23)29-18-24(27)25-21-7-5-4-6-8-21/h4-17H,3,18H2,1-2H3/p+1/b10-9+. The zero-order chi connectivity index (χ0) is 20.5. The van der Waals surface area contributed by atoms with E-state index in [4.69, 9.17) is 9.47 Å². The van der Waals surface area contributed by atoms with Crippen LogP contribution in [0.15, 0.2) is 73.1 Å². The molecule has 0 aliphatic heterocycles. The van der Waals surface area contributed by atoms with Gasteiger partial charge in [0.25, 0.3) is 5.91 Å². The van der Waals surface area contributed by atoms with Gasteiger partial charge in [-0.15, -0.1) is 0 Å². The highest BCUT2D eigenvalue weighted by Crippen LogP contribution is 2.29. The summed E-state index contributed by atoms with van der Waals surface area (Å²) in [7, 11) is 1.99. The minimum absolute atomic E-state index is 0.0921. The SMILES string of the molecule is CCOc1cc(/C=C/c2cc[n+](C)cc2)ccc1OCC(=O)Nc1ccccc1. The third-order valence-corrected chi connectivity index (χ3v) is 4.16. The van der Waals surface area contributed by atoms with Crippen LogP contribution in [-0.4, -0.2) is 19.1 Å². The molecule has 1 N–H and O–H groups in total. The normalized spacial score (nSPS) is 10.7. The maximum atomic E-state index is 12.1. The fourth-order valence-electron chi connectivity index (χ4n) is 2.69. The first-order valence-electron chi connectivity index (χ1n) is 9.52. The number of nitrogens with one attached hydrogen (secondary N) is 1. The molecule has 1 heterocycles. The van der Waals surface area contributed by atoms with Crippen molar-refractivity contribution in [3.8, 4) is 11.5 Å². The second-order valence-electron chi connectivity index (χ2n) is 6.47. The number of ether oxygens (including phenoxy) is 2. The van der Waals surface area contributed by atoms with E-state index in [9.17, 15) is 4.79 Å². The predicted octanol–water partition coefficient (Wildman–Crippen LogP) is 4.10. The molecule has 3 aromatic rings. The molecule has 0 unspecified atom stereocenters. The Kier molecular flexibility index (Phi) is 7.00. The zero-order valence-corrected chi connectivity index (χ0v) is 16.7. The first-order valence-corrected chi connectivity index (χ1v) is 9.52. The van der Waals surface area contributed by atoms with E-state index in [-0.39, 0.29) is 12.5 Å². The highest BCUT2D eigenvalue weighted by atomic mass is 16.5. The van der Waals surface area contributed by atoms with Crippen molar-refractivity contribution >= 4 is 23.7 Å². The third kappa shape index (κ3) is 6.21. The summed E-state index contributed by atoms with van der Waals surface area (Å²) in [6.07, 6.45) is 8.06. The van der Waals surface area contributed by atoms with E-state index in [2.05, 4.69) is 5.32 Å². The topological polar surface area (TPSA) is 51.4 Å². The second-order valence-corrected chi connectivity index (χ2v) is 6.47. The molecule has 2 aromatic carbocycles. The van der Waals surface area contributed by atoms with Crippen molar-refractivity contribution in [1.82, 2.24) is 0 Å². The van der Waals surface area contributed by atoms with Gasteiger partial charge < -0.3 is 14.8 Å². The number of hydrogen-bond acceptors (Lipinski definition) is 3. The summed E-state index contributed by atoms with van der Waals surface area (Å²) >= 11 is 0. The largest absolute Gasteiger partial charge is 0.490 e. The lowest BCUT2D eigenvalue weighted by Gasteiger charge is -2.12. The summed E-state index contributed by atoms with van der Waals surface area (Å²) in [5.41, 5.74) is 2.84. The number of carbonyl (C=O) groups is 1. The number of rotatable bonds is 8. The summed E-state index contributed by atoms with van der Waals surface area (Å²) in [6.45, 7) is 2.33. The van der Waals surface area contributed by atoms with Gasteiger partial charge in [-0.05, 0) is 42.3 Å². The second kappa shape index (κ2) is 10.1. The van der Waals surface area contributed by atoms with Crippen molar-refractivity contribution in [2.75, 3.05) is 18.5 Å². The van der Waals surface area contributed by atoms with E-state index in [1.807, 2.05) is 104 Å². The van der Waals surface area contributed by atoms with Crippen LogP contribution in [0.5, 0.6) is 11.5 Å². The summed E-state index contributed by atoms with van der Waals surface area (Å²) < 4.78 is 13.4. The third-order valence-electron chi connectivity index (χ3n) is 4.16. The lowest BCUT2D eigenvalue weighted by molar-refractivity contribution is -0.671. The van der Waals surface area contributed by atoms with E-state index in [0.717, 1.165) is 16.8 Å². The number of carbonyl (C=O) groups excluding carboxylic acids is 1. The Morgan fingerprint density at radius 2 is 1.66 bits per heavy atom. The Morgan fingerprint density at radius 3 is 2.38 bits per heavy atom. The molecule has 0 saturated carbocycles. The van der Waals surface area contributed by atoms with E-state index in [1.54, 1.807) is 0 Å². The molecule has 0 radical (unpaired) electrons. The van der Waals surface area contributed by atoms with Crippen LogP contribution in [0.4, 0.5) is 5.69 Å². The van der Waals surface area contributed by atoms with Crippen LogP contribution >= 0.6 is 0 Å². The molecule has 5 nitrogen and oxygen atoms in total. The number of pyridine rings is 1. The minimum atomic E-state index is -0.222. The average molecular weight is 389 g/mol. The fourth-order valence-corrected chi connectivity index (χ4v) is 2.69. The number of anilines is 1. The lowest BCUT2D eigenvalue weighted by atomic mass is 10.1. The summed E-state index contributed by atoms with van der Waals surface area (Å²) in [5.74, 6) is 0.931. The Morgan fingerprint density at radius 1 is 0.931 bits per heavy atom. The smallest absolute Gasteiger partial charge is 0.262 e. The van der Waals surface area contributed by atoms with Crippen molar-refractivity contribution < 1.29 is 18.8 Å². The van der Waals surface area contributed by atoms with E-state index in [1.165, 1.54) is 0 Å². The molecule has 0 saturated heterocycles. The van der Waals surface area contributed by atoms with Crippen LogP contribution in [0, 0.1) is 0 Å². The summed E-state index contributed by atoms with van der Waals surface area (Å²) in [4.78, 5) is 12.1. The molecule has 29 heavy (non-hydrogen) atoms. The monoisotopic (exact) mass is 389 g/mol. The highest BCUT2D eigenvalue weighted by Gasteiger charge is 2.09. The molecular formula is C24H25N2O3+. The number of aryl methyl sites for hydroxylation is 1. The van der Waals surface area contributed by atoms with Crippen molar-refractivity contribution in [2.24, 2.45) is 7.05 Å². The fraction of sp³-hybridized carbons (Fsp3) is 0.167. The molecule has 5 heteroatoms. The number of amides is 1. The van der Waals surface area contributed by atoms with Gasteiger partial charge in [0.1, 0.15) is 7.05 Å². The van der Waals surface area contributed by atoms with Gasteiger partial charge >= 0.3 is 0 Å². The number of aromatic nitrogens is 1. The quantitative estimate of drug-likeness (QED) is 0.590. The number of benzene rings is 2. The summed E-state index contributed by atoms with van der Waals surface area (Å²) in [5, 5.41) is 2.80. The molecule has 0 bridgehead atoms. The molecule has 0 atom stereocenters. The lowest BCUT2D eigenvalue weighted by Crippen LogP contribution is -2.25. The highest BCUT2D eigenvalue weighted by molar-refractivity contribution is 5.91. The Labute approximate surface area is 171 Å². The van der Waals surface area contributed by atoms with E-state index < -0.39 is 0 Å². The van der Waals surface area contributed by atoms with Crippen LogP contribution in [0.1, 0.15) is 18.1 Å². The minimum Gasteiger partial charge on any atom is -0.490 e. The van der Waals surface area contributed by atoms with Gasteiger partial charge in [-0.1, -0.05) is 36.4 Å². The number of para-hydroxylation sites is 1. The van der Waals surface area contributed by atoms with Gasteiger partial charge in [0.2, 0.25) is 0 Å². The van der Waals surface area contributed by atoms with Crippen LogP contribution in [0.2, 0.25) is 0 Å². The van der Waals surface area contributed by atoms with E-state index >= 15 is 0 Å². The first kappa shape index (κ1) is 20.1. The molecule has 1 amide bonds. The average Bonchev–Trinajstić information content (AvgIpc) is 2.73. The van der Waals surface area contributed by atoms with Crippen LogP contribution in [0.3, 0.4) is 0 Å². The van der Waals surface area contributed by atoms with Crippen LogP contribution < -0.4 is 19.4 Å². The van der Waals surface area contributed by atoms with Gasteiger partial charge in [0.15, 0.2) is 30.5 Å². The molecule has 0 spiro atoms. The van der Waals surface area contributed by atoms with Crippen molar-refractivity contribution in [2.45, 2.75) is 6.92 Å². The van der Waals surface area contributed by atoms with Gasteiger partial charge in [-0.3, -0.25) is 4.79 Å². The molecule has 1 aromatic heterocycles. The van der Waals surface area contributed by atoms with Crippen LogP contribution in [-0.2, 0) is 11.8 Å². The zero-order valence-electron chi connectivity index (χ0n) is 16.7. The maximum Gasteiger partial charge on any atom is 0.262 e. The molecular weight excluding hydrogens is 364 g/mol. The first-order chi connectivity index (χ1) is 14.1. The maximum absolute atomic E-state index is 12.1. The van der Waals surface area contributed by atoms with E-state index in [0.29, 0.717) is 18.1 Å². The molecule has 0 aliphatic rings. The van der Waals surface area contributed by atoms with Gasteiger partial charge in [0.05, 0.1) is 6.61 Å². The van der Waals surface area contributed by atoms with Crippen LogP contribution in [0.25, 0.3) is 12.2 Å². The van der Waals surface area contributed by atoms with Crippen molar-refractivity contribution in [3.05, 3.63) is 84.2 Å². The number of hydrogen-bond donors (Lipinski definition) is 1. The van der Waals surface area contributed by atoms with Gasteiger partial charge in [0, 0.05) is 17.8 Å². The van der Waals surface area contributed by atoms with Gasteiger partial charge in [-0.25, -0.2) is 4.57 Å². The number of nitrogens with zero attached hydrogens (tertiary/aromatic N) is 1. The molecule has 148 valence electrons. The Hall–Kier alpha value is -3.60. The molecule has 0 aliphatic carbocycles. The Balaban J connectivity index is 1.65. The molecule has 3 rings (SSSR count). The molecule has 0 fully saturated rings. The van der Waals surface area contributed by atoms with Crippen molar-refractivity contribution in [1.29, 1.82) is 0 Å². The van der Waals surface area contributed by atoms with Crippen molar-refractivity contribution in [3.63, 3.8) is 0 Å². The van der Waals surface area contributed by atoms with Gasteiger partial charge in [-0.2, -0.15) is 0 Å². The predicted molar refractivity (Wildman–Crippen MR) is 115 cm³/mol. The summed E-state index contributed by atoms with van der Waals surface area (Å²) in [6, 6.07) is 19.1. The Bertz CT molecular complexity index is 967.